The minimum atomic E-state index is 0.702. The molecule has 0 atom stereocenters. The number of nitrogens with zero attached hydrogens (tertiary/aromatic N) is 3. The minimum absolute atomic E-state index is 0.702. The summed E-state index contributed by atoms with van der Waals surface area (Å²) >= 11 is 0. The van der Waals surface area contributed by atoms with E-state index in [0.717, 1.165) is 17.4 Å². The molecular weight excluding hydrogens is 248 g/mol. The van der Waals surface area contributed by atoms with E-state index in [9.17, 15) is 0 Å². The Kier molecular flexibility index (Phi) is 1.94. The van der Waals surface area contributed by atoms with E-state index >= 15 is 0 Å². The van der Waals surface area contributed by atoms with Crippen LogP contribution in [0.15, 0.2) is 36.5 Å². The molecule has 0 radical (unpaired) electrons. The lowest BCUT2D eigenvalue weighted by Crippen LogP contribution is -2.34. The highest BCUT2D eigenvalue weighted by molar-refractivity contribution is 6.00. The highest BCUT2D eigenvalue weighted by atomic mass is 15.5. The van der Waals surface area contributed by atoms with Crippen molar-refractivity contribution < 1.29 is 0 Å². The molecule has 0 saturated heterocycles. The Morgan fingerprint density at radius 3 is 2.95 bits per heavy atom. The summed E-state index contributed by atoms with van der Waals surface area (Å²) in [6.07, 6.45) is 4.36. The molecule has 0 bridgehead atoms. The summed E-state index contributed by atoms with van der Waals surface area (Å²) in [6, 6.07) is 11.5. The van der Waals surface area contributed by atoms with Gasteiger partial charge in [0.05, 0.1) is 11.9 Å². The molecule has 1 aromatic rings. The Hall–Kier alpha value is -2.20. The molecule has 4 nitrogen and oxygen atoms in total. The number of aromatic nitrogens is 2. The van der Waals surface area contributed by atoms with Crippen molar-refractivity contribution in [3.63, 3.8) is 0 Å². The van der Waals surface area contributed by atoms with E-state index in [1.165, 1.54) is 35.2 Å². The van der Waals surface area contributed by atoms with E-state index in [2.05, 4.69) is 44.9 Å². The topological polar surface area (TPSA) is 41.1 Å². The highest BCUT2D eigenvalue weighted by Gasteiger charge is 2.33. The molecule has 4 heteroatoms. The third-order valence-electron chi connectivity index (χ3n) is 4.34. The second kappa shape index (κ2) is 3.67. The predicted octanol–water partition coefficient (Wildman–Crippen LogP) is 3.04. The first kappa shape index (κ1) is 10.6. The molecule has 1 fully saturated rings. The Morgan fingerprint density at radius 1 is 1.10 bits per heavy atom. The SMILES string of the molecule is c1cc2ccc3c4c(ccc-4c2nn1)NN(C1CC1)C3. The van der Waals surface area contributed by atoms with Crippen LogP contribution in [0.3, 0.4) is 0 Å². The zero-order chi connectivity index (χ0) is 13.1. The van der Waals surface area contributed by atoms with E-state index < -0.39 is 0 Å². The van der Waals surface area contributed by atoms with Crippen LogP contribution in [-0.4, -0.2) is 21.2 Å². The number of hydrogen-bond donors (Lipinski definition) is 1. The number of hydrogen-bond acceptors (Lipinski definition) is 4. The monoisotopic (exact) mass is 262 g/mol. The molecule has 2 heterocycles. The lowest BCUT2D eigenvalue weighted by molar-refractivity contribution is 0.307. The smallest absolute Gasteiger partial charge is 0.101 e. The van der Waals surface area contributed by atoms with Gasteiger partial charge in [-0.3, -0.25) is 0 Å². The van der Waals surface area contributed by atoms with Crippen molar-refractivity contribution in [3.05, 3.63) is 42.1 Å². The number of anilines is 1. The van der Waals surface area contributed by atoms with Gasteiger partial charge in [-0.05, 0) is 36.6 Å². The lowest BCUT2D eigenvalue weighted by atomic mass is 10.0. The molecule has 1 N–H and O–H groups in total. The molecule has 0 spiro atoms. The number of fused-ring (bicyclic) bond motifs is 2. The summed E-state index contributed by atoms with van der Waals surface area (Å²) < 4.78 is 0. The molecular formula is C16H14N4. The Bertz CT molecular complexity index is 794. The summed E-state index contributed by atoms with van der Waals surface area (Å²) in [5.41, 5.74) is 9.64. The lowest BCUT2D eigenvalue weighted by Gasteiger charge is -2.29. The summed E-state index contributed by atoms with van der Waals surface area (Å²) in [4.78, 5) is 0. The Morgan fingerprint density at radius 2 is 2.05 bits per heavy atom. The van der Waals surface area contributed by atoms with Gasteiger partial charge in [-0.15, -0.1) is 5.10 Å². The van der Waals surface area contributed by atoms with Crippen LogP contribution in [0.2, 0.25) is 0 Å². The van der Waals surface area contributed by atoms with Gasteiger partial charge >= 0.3 is 0 Å². The van der Waals surface area contributed by atoms with Crippen LogP contribution < -0.4 is 5.43 Å². The third kappa shape index (κ3) is 1.40. The van der Waals surface area contributed by atoms with Gasteiger partial charge in [0.15, 0.2) is 0 Å². The van der Waals surface area contributed by atoms with Crippen LogP contribution in [0.5, 0.6) is 0 Å². The van der Waals surface area contributed by atoms with Crippen molar-refractivity contribution in [1.82, 2.24) is 15.2 Å². The molecule has 3 aliphatic carbocycles. The van der Waals surface area contributed by atoms with Gasteiger partial charge in [0, 0.05) is 29.1 Å². The van der Waals surface area contributed by atoms with E-state index in [-0.39, 0.29) is 0 Å². The van der Waals surface area contributed by atoms with Crippen molar-refractivity contribution in [2.45, 2.75) is 25.4 Å². The van der Waals surface area contributed by atoms with E-state index in [1.54, 1.807) is 6.20 Å². The van der Waals surface area contributed by atoms with Crippen LogP contribution in [0.25, 0.3) is 22.0 Å². The highest BCUT2D eigenvalue weighted by Crippen LogP contribution is 2.43. The molecule has 1 saturated carbocycles. The fourth-order valence-corrected chi connectivity index (χ4v) is 3.19. The van der Waals surface area contributed by atoms with Crippen molar-refractivity contribution in [3.8, 4) is 11.1 Å². The molecule has 5 rings (SSSR count). The summed E-state index contributed by atoms with van der Waals surface area (Å²) in [5.74, 6) is 0. The van der Waals surface area contributed by atoms with Crippen LogP contribution in [0.4, 0.5) is 5.69 Å². The molecule has 0 amide bonds. The van der Waals surface area contributed by atoms with Crippen molar-refractivity contribution in [1.29, 1.82) is 0 Å². The van der Waals surface area contributed by atoms with Gasteiger partial charge < -0.3 is 5.43 Å². The quantitative estimate of drug-likeness (QED) is 0.732. The zero-order valence-electron chi connectivity index (χ0n) is 11.0. The van der Waals surface area contributed by atoms with E-state index in [1.807, 2.05) is 6.07 Å². The molecule has 98 valence electrons. The Labute approximate surface area is 116 Å². The Balaban J connectivity index is 1.78. The van der Waals surface area contributed by atoms with Crippen molar-refractivity contribution in [2.24, 2.45) is 0 Å². The first-order chi connectivity index (χ1) is 9.90. The standard InChI is InChI=1S/C16H14N4/c1-2-11-9-20(12-3-4-12)19-14-6-5-13(15(11)14)16-10(1)7-8-17-18-16/h1-2,5-8,12,19H,3-4,9H2. The average molecular weight is 262 g/mol. The van der Waals surface area contributed by atoms with Crippen LogP contribution in [-0.2, 0) is 6.54 Å². The number of nitrogens with one attached hydrogen (secondary N) is 1. The predicted molar refractivity (Wildman–Crippen MR) is 78.3 cm³/mol. The van der Waals surface area contributed by atoms with Crippen molar-refractivity contribution >= 4 is 16.6 Å². The van der Waals surface area contributed by atoms with Gasteiger partial charge in [-0.1, -0.05) is 12.1 Å². The van der Waals surface area contributed by atoms with Crippen LogP contribution in [0, 0.1) is 0 Å². The molecule has 0 aromatic carbocycles. The molecule has 4 aliphatic rings. The normalized spacial score (nSPS) is 18.4. The molecule has 20 heavy (non-hydrogen) atoms. The molecule has 1 aliphatic heterocycles. The maximum Gasteiger partial charge on any atom is 0.101 e. The summed E-state index contributed by atoms with van der Waals surface area (Å²) in [7, 11) is 0. The van der Waals surface area contributed by atoms with Gasteiger partial charge in [0.1, 0.15) is 5.52 Å². The van der Waals surface area contributed by atoms with Crippen LogP contribution in [0.1, 0.15) is 18.4 Å². The van der Waals surface area contributed by atoms with Gasteiger partial charge in [-0.25, -0.2) is 5.01 Å². The fourth-order valence-electron chi connectivity index (χ4n) is 3.19. The third-order valence-corrected chi connectivity index (χ3v) is 4.34. The summed E-state index contributed by atoms with van der Waals surface area (Å²) in [5, 5.41) is 11.9. The second-order valence-corrected chi connectivity index (χ2v) is 5.70. The number of hydrazine groups is 1. The largest absolute Gasteiger partial charge is 0.318 e. The van der Waals surface area contributed by atoms with Crippen LogP contribution >= 0.6 is 0 Å². The fraction of sp³-hybridized carbons (Fsp3) is 0.250. The van der Waals surface area contributed by atoms with Gasteiger partial charge in [0.2, 0.25) is 0 Å². The molecule has 0 unspecified atom stereocenters. The average Bonchev–Trinajstić information content (AvgIpc) is 3.26. The van der Waals surface area contributed by atoms with E-state index in [0.29, 0.717) is 6.04 Å². The minimum Gasteiger partial charge on any atom is -0.318 e. The maximum atomic E-state index is 4.34. The zero-order valence-corrected chi connectivity index (χ0v) is 11.0. The van der Waals surface area contributed by atoms with E-state index in [4.69, 9.17) is 0 Å². The van der Waals surface area contributed by atoms with Gasteiger partial charge in [-0.2, -0.15) is 5.10 Å². The second-order valence-electron chi connectivity index (χ2n) is 5.70. The first-order valence-electron chi connectivity index (χ1n) is 7.09. The van der Waals surface area contributed by atoms with Crippen molar-refractivity contribution in [2.75, 3.05) is 5.43 Å². The summed E-state index contributed by atoms with van der Waals surface area (Å²) in [6.45, 7) is 0.965. The number of rotatable bonds is 1. The maximum absolute atomic E-state index is 4.34. The first-order valence-corrected chi connectivity index (χ1v) is 7.09. The van der Waals surface area contributed by atoms with Gasteiger partial charge in [0.25, 0.3) is 0 Å². The molecule has 1 aromatic heterocycles.